The number of methoxy groups -OCH3 is 1. The second kappa shape index (κ2) is 4.83. The van der Waals surface area contributed by atoms with Gasteiger partial charge in [0.1, 0.15) is 11.9 Å². The normalized spacial score (nSPS) is 21.6. The topological polar surface area (TPSA) is 21.8 Å². The summed E-state index contributed by atoms with van der Waals surface area (Å²) < 4.78 is 10.9. The van der Waals surface area contributed by atoms with Gasteiger partial charge in [-0.25, -0.2) is 0 Å². The van der Waals surface area contributed by atoms with Crippen molar-refractivity contribution in [2.24, 2.45) is 0 Å². The molecule has 92 valence electrons. The van der Waals surface area contributed by atoms with E-state index in [-0.39, 0.29) is 6.10 Å². The predicted molar refractivity (Wildman–Crippen MR) is 70.8 cm³/mol. The molecule has 0 aromatic heterocycles. The summed E-state index contributed by atoms with van der Waals surface area (Å²) in [6.45, 7) is 0. The van der Waals surface area contributed by atoms with E-state index in [1.165, 1.54) is 11.1 Å². The van der Waals surface area contributed by atoms with Crippen LogP contribution in [0.15, 0.2) is 54.6 Å². The number of rotatable bonds is 4. The Morgan fingerprint density at radius 2 is 1.72 bits per heavy atom. The molecule has 0 N–H and O–H groups in total. The van der Waals surface area contributed by atoms with Crippen LogP contribution in [0, 0.1) is 0 Å². The number of benzene rings is 2. The zero-order valence-corrected chi connectivity index (χ0v) is 10.4. The molecule has 2 aromatic rings. The lowest BCUT2D eigenvalue weighted by molar-refractivity contribution is 0.372. The Kier molecular flexibility index (Phi) is 3.03. The van der Waals surface area contributed by atoms with Crippen LogP contribution in [0.2, 0.25) is 0 Å². The van der Waals surface area contributed by atoms with Gasteiger partial charge in [0.05, 0.1) is 13.2 Å². The van der Waals surface area contributed by atoms with Crippen LogP contribution in [0.5, 0.6) is 5.75 Å². The predicted octanol–water partition coefficient (Wildman–Crippen LogP) is 3.38. The fourth-order valence-corrected chi connectivity index (χ4v) is 2.23. The van der Waals surface area contributed by atoms with Gasteiger partial charge in [-0.15, -0.1) is 0 Å². The average molecular weight is 242 g/mol. The molecule has 18 heavy (non-hydrogen) atoms. The summed E-state index contributed by atoms with van der Waals surface area (Å²) >= 11 is 0. The second-order valence-corrected chi connectivity index (χ2v) is 4.56. The molecule has 2 heteroatoms. The number of epoxide rings is 1. The SMILES string of the molecule is COc1ccc([C@@H]2[18O][C@H]2Cc2ccccc2)cc1. The lowest BCUT2D eigenvalue weighted by Gasteiger charge is -2.00. The second-order valence-electron chi connectivity index (χ2n) is 4.56. The van der Waals surface area contributed by atoms with E-state index in [0.29, 0.717) is 6.10 Å². The third-order valence-corrected chi connectivity index (χ3v) is 3.31. The van der Waals surface area contributed by atoms with E-state index in [1.807, 2.05) is 18.2 Å². The largest absolute Gasteiger partial charge is 0.497 e. The zero-order chi connectivity index (χ0) is 12.4. The van der Waals surface area contributed by atoms with Gasteiger partial charge < -0.3 is 9.47 Å². The zero-order valence-electron chi connectivity index (χ0n) is 10.4. The molecule has 0 amide bonds. The highest BCUT2D eigenvalue weighted by atomic mass is 18.4. The van der Waals surface area contributed by atoms with Gasteiger partial charge in [0, 0.05) is 6.42 Å². The lowest BCUT2D eigenvalue weighted by Crippen LogP contribution is -1.95. The standard InChI is InChI=1S/C16H16O2/c1-17-14-9-7-13(8-10-14)16-15(18-16)11-12-5-3-2-4-6-12/h2-10,15-16H,11H2,1H3/t15-,16-/m0/s1/i18+2. The average Bonchev–Trinajstić information content (AvgIpc) is 3.19. The van der Waals surface area contributed by atoms with E-state index < -0.39 is 0 Å². The van der Waals surface area contributed by atoms with Gasteiger partial charge in [0.15, 0.2) is 0 Å². The molecule has 0 spiro atoms. The van der Waals surface area contributed by atoms with Crippen molar-refractivity contribution in [3.63, 3.8) is 0 Å². The fraction of sp³-hybridized carbons (Fsp3) is 0.250. The summed E-state index contributed by atoms with van der Waals surface area (Å²) in [5.41, 5.74) is 2.57. The first-order valence-corrected chi connectivity index (χ1v) is 6.20. The molecule has 2 aromatic carbocycles. The molecule has 0 bridgehead atoms. The monoisotopic (exact) mass is 242 g/mol. The number of ether oxygens (including phenoxy) is 2. The Morgan fingerprint density at radius 3 is 2.39 bits per heavy atom. The third kappa shape index (κ3) is 2.39. The van der Waals surface area contributed by atoms with Crippen LogP contribution in [0.1, 0.15) is 17.2 Å². The van der Waals surface area contributed by atoms with Crippen LogP contribution in [-0.2, 0) is 11.2 Å². The van der Waals surface area contributed by atoms with Gasteiger partial charge in [-0.1, -0.05) is 42.5 Å². The van der Waals surface area contributed by atoms with Crippen molar-refractivity contribution < 1.29 is 9.47 Å². The first-order chi connectivity index (χ1) is 8.86. The highest BCUT2D eigenvalue weighted by Crippen LogP contribution is 2.40. The molecule has 1 aliphatic rings. The maximum absolute atomic E-state index is 5.74. The molecule has 1 aliphatic heterocycles. The smallest absolute Gasteiger partial charge is 0.118 e. The molecular formula is C16H16O2. The van der Waals surface area contributed by atoms with Gasteiger partial charge >= 0.3 is 0 Å². The van der Waals surface area contributed by atoms with Crippen LogP contribution in [0.4, 0.5) is 0 Å². The summed E-state index contributed by atoms with van der Waals surface area (Å²) in [6, 6.07) is 18.6. The number of hydrogen-bond acceptors (Lipinski definition) is 2. The Balaban J connectivity index is 1.63. The fourth-order valence-electron chi connectivity index (χ4n) is 2.23. The summed E-state index contributed by atoms with van der Waals surface area (Å²) in [5.74, 6) is 0.888. The van der Waals surface area contributed by atoms with Gasteiger partial charge in [-0.05, 0) is 23.3 Å². The van der Waals surface area contributed by atoms with Crippen LogP contribution in [0.25, 0.3) is 0 Å². The molecule has 1 heterocycles. The van der Waals surface area contributed by atoms with Crippen molar-refractivity contribution in [3.8, 4) is 5.75 Å². The molecule has 2 atom stereocenters. The summed E-state index contributed by atoms with van der Waals surface area (Å²) in [6.07, 6.45) is 1.55. The minimum Gasteiger partial charge on any atom is -0.497 e. The van der Waals surface area contributed by atoms with Gasteiger partial charge in [0.2, 0.25) is 0 Å². The van der Waals surface area contributed by atoms with E-state index in [9.17, 15) is 0 Å². The Morgan fingerprint density at radius 1 is 1.00 bits per heavy atom. The van der Waals surface area contributed by atoms with Crippen LogP contribution in [0.3, 0.4) is 0 Å². The Hall–Kier alpha value is -1.80. The van der Waals surface area contributed by atoms with Gasteiger partial charge in [0.25, 0.3) is 0 Å². The van der Waals surface area contributed by atoms with Crippen LogP contribution >= 0.6 is 0 Å². The van der Waals surface area contributed by atoms with Gasteiger partial charge in [-0.2, -0.15) is 0 Å². The van der Waals surface area contributed by atoms with E-state index in [1.54, 1.807) is 7.11 Å². The van der Waals surface area contributed by atoms with Crippen molar-refractivity contribution in [1.29, 1.82) is 0 Å². The molecule has 0 saturated carbocycles. The molecule has 0 radical (unpaired) electrons. The minimum atomic E-state index is 0.246. The van der Waals surface area contributed by atoms with Gasteiger partial charge in [-0.3, -0.25) is 0 Å². The van der Waals surface area contributed by atoms with E-state index in [2.05, 4.69) is 36.4 Å². The molecule has 1 fully saturated rings. The van der Waals surface area contributed by atoms with Crippen molar-refractivity contribution in [2.75, 3.05) is 7.11 Å². The number of hydrogen-bond donors (Lipinski definition) is 0. The van der Waals surface area contributed by atoms with Crippen molar-refractivity contribution in [2.45, 2.75) is 18.6 Å². The van der Waals surface area contributed by atoms with Crippen LogP contribution < -0.4 is 4.74 Å². The van der Waals surface area contributed by atoms with Crippen LogP contribution in [-0.4, -0.2) is 13.2 Å². The Labute approximate surface area is 107 Å². The van der Waals surface area contributed by atoms with E-state index in [0.717, 1.165) is 12.2 Å². The summed E-state index contributed by atoms with van der Waals surface area (Å²) in [7, 11) is 1.68. The lowest BCUT2D eigenvalue weighted by atomic mass is 10.0. The van der Waals surface area contributed by atoms with E-state index >= 15 is 0 Å². The van der Waals surface area contributed by atoms with Crippen molar-refractivity contribution in [1.82, 2.24) is 0 Å². The molecule has 3 rings (SSSR count). The van der Waals surface area contributed by atoms with Crippen molar-refractivity contribution >= 4 is 0 Å². The first-order valence-electron chi connectivity index (χ1n) is 6.20. The molecule has 1 saturated heterocycles. The molecule has 0 unspecified atom stereocenters. The third-order valence-electron chi connectivity index (χ3n) is 3.31. The first kappa shape index (κ1) is 11.3. The maximum Gasteiger partial charge on any atom is 0.118 e. The quantitative estimate of drug-likeness (QED) is 0.605. The summed E-state index contributed by atoms with van der Waals surface area (Å²) in [5, 5.41) is 0. The van der Waals surface area contributed by atoms with Crippen molar-refractivity contribution in [3.05, 3.63) is 65.7 Å². The summed E-state index contributed by atoms with van der Waals surface area (Å²) in [4.78, 5) is 0. The minimum absolute atomic E-state index is 0.246. The molecular weight excluding hydrogens is 226 g/mol. The Bertz CT molecular complexity index is 504. The molecule has 0 aliphatic carbocycles. The highest BCUT2D eigenvalue weighted by Gasteiger charge is 2.39. The highest BCUT2D eigenvalue weighted by molar-refractivity contribution is 5.31. The molecule has 2 nitrogen and oxygen atoms in total. The van der Waals surface area contributed by atoms with E-state index in [4.69, 9.17) is 9.47 Å². The maximum atomic E-state index is 5.74.